The highest BCUT2D eigenvalue weighted by Crippen LogP contribution is 2.43. The zero-order valence-corrected chi connectivity index (χ0v) is 13.7. The molecular weight excluding hydrogens is 336 g/mol. The highest BCUT2D eigenvalue weighted by molar-refractivity contribution is 7.92. The summed E-state index contributed by atoms with van der Waals surface area (Å²) in [5, 5.41) is -0.117. The number of hydrogen-bond acceptors (Lipinski definition) is 4. The molecule has 0 unspecified atom stereocenters. The van der Waals surface area contributed by atoms with E-state index < -0.39 is 26.0 Å². The molecule has 0 aromatic carbocycles. The Morgan fingerprint density at radius 2 is 1.86 bits per heavy atom. The van der Waals surface area contributed by atoms with Crippen molar-refractivity contribution in [1.82, 2.24) is 14.2 Å². The average Bonchev–Trinajstić information content (AvgIpc) is 3.22. The van der Waals surface area contributed by atoms with Crippen molar-refractivity contribution in [3.63, 3.8) is 0 Å². The van der Waals surface area contributed by atoms with Gasteiger partial charge in [-0.25, -0.2) is 12.8 Å². The zero-order valence-electron chi connectivity index (χ0n) is 12.2. The van der Waals surface area contributed by atoms with Crippen LogP contribution < -0.4 is 0 Å². The quantitative estimate of drug-likeness (QED) is 0.780. The van der Waals surface area contributed by atoms with Gasteiger partial charge in [0, 0.05) is 32.0 Å². The van der Waals surface area contributed by atoms with Gasteiger partial charge in [-0.1, -0.05) is 0 Å². The van der Waals surface area contributed by atoms with Crippen molar-refractivity contribution >= 4 is 21.6 Å². The van der Waals surface area contributed by atoms with Crippen molar-refractivity contribution in [1.29, 1.82) is 0 Å². The Bertz CT molecular complexity index is 665. The Morgan fingerprint density at radius 3 is 2.41 bits per heavy atom. The van der Waals surface area contributed by atoms with Gasteiger partial charge in [-0.05, 0) is 43.5 Å². The van der Waals surface area contributed by atoms with Gasteiger partial charge in [-0.2, -0.15) is 13.9 Å². The van der Waals surface area contributed by atoms with E-state index in [-0.39, 0.29) is 31.8 Å². The third-order valence-corrected chi connectivity index (χ3v) is 6.72. The van der Waals surface area contributed by atoms with E-state index in [4.69, 9.17) is 11.8 Å². The van der Waals surface area contributed by atoms with Crippen LogP contribution >= 0.6 is 11.8 Å². The first kappa shape index (κ1) is 16.1. The zero-order chi connectivity index (χ0) is 16.1. The Labute approximate surface area is 133 Å². The van der Waals surface area contributed by atoms with E-state index in [0.29, 0.717) is 5.69 Å². The molecule has 1 saturated carbocycles. The Kier molecular flexibility index (Phi) is 3.98. The number of alkyl halides is 2. The normalized spacial score (nSPS) is 22.2. The average molecular weight is 354 g/mol. The van der Waals surface area contributed by atoms with Crippen LogP contribution in [0.2, 0.25) is 0 Å². The first-order valence-electron chi connectivity index (χ1n) is 7.30. The van der Waals surface area contributed by atoms with Crippen LogP contribution in [0.5, 0.6) is 0 Å². The summed E-state index contributed by atoms with van der Waals surface area (Å²) in [5.74, 6) is -1.00. The standard InChI is InChI=1S/C13H18ClF2N3O2S/c1-18-12(8-11(17-18)9-2-3-9)22(20,21)13(15,16)10-4-6-19(14)7-5-10/h8-10H,2-7H2,1H3. The Morgan fingerprint density at radius 1 is 1.27 bits per heavy atom. The third kappa shape index (κ3) is 2.65. The van der Waals surface area contributed by atoms with Crippen LogP contribution in [0.4, 0.5) is 8.78 Å². The number of aryl methyl sites for hydroxylation is 1. The molecule has 2 fully saturated rings. The summed E-state index contributed by atoms with van der Waals surface area (Å²) in [5.41, 5.74) is 0.590. The van der Waals surface area contributed by atoms with Crippen molar-refractivity contribution in [3.8, 4) is 0 Å². The van der Waals surface area contributed by atoms with Gasteiger partial charge < -0.3 is 0 Å². The van der Waals surface area contributed by atoms with Crippen LogP contribution in [0, 0.1) is 5.92 Å². The van der Waals surface area contributed by atoms with Crippen molar-refractivity contribution < 1.29 is 17.2 Å². The highest BCUT2D eigenvalue weighted by atomic mass is 35.5. The fourth-order valence-corrected chi connectivity index (χ4v) is 4.66. The largest absolute Gasteiger partial charge is 0.354 e. The second kappa shape index (κ2) is 5.42. The van der Waals surface area contributed by atoms with Crippen LogP contribution in [0.3, 0.4) is 0 Å². The van der Waals surface area contributed by atoms with Crippen LogP contribution in [0.25, 0.3) is 0 Å². The summed E-state index contributed by atoms with van der Waals surface area (Å²) in [7, 11) is -3.37. The highest BCUT2D eigenvalue weighted by Gasteiger charge is 2.54. The minimum atomic E-state index is -4.77. The van der Waals surface area contributed by atoms with Gasteiger partial charge in [0.05, 0.1) is 5.69 Å². The lowest BCUT2D eigenvalue weighted by Crippen LogP contribution is -2.43. The summed E-state index contributed by atoms with van der Waals surface area (Å²) in [6, 6.07) is 1.30. The SMILES string of the molecule is Cn1nc(C2CC2)cc1S(=O)(=O)C(F)(F)C1CCN(Cl)CC1. The summed E-state index contributed by atoms with van der Waals surface area (Å²) >= 11 is 5.76. The lowest BCUT2D eigenvalue weighted by molar-refractivity contribution is 0.00382. The van der Waals surface area contributed by atoms with E-state index in [1.54, 1.807) is 0 Å². The molecule has 2 aliphatic rings. The number of nitrogens with zero attached hydrogens (tertiary/aromatic N) is 3. The predicted octanol–water partition coefficient (Wildman–Crippen LogP) is 2.53. The lowest BCUT2D eigenvalue weighted by atomic mass is 9.98. The minimum Gasteiger partial charge on any atom is -0.257 e. The molecule has 2 heterocycles. The van der Waals surface area contributed by atoms with E-state index in [9.17, 15) is 17.2 Å². The molecule has 1 aliphatic heterocycles. The molecule has 0 N–H and O–H groups in total. The van der Waals surface area contributed by atoms with Gasteiger partial charge in [0.1, 0.15) is 0 Å². The van der Waals surface area contributed by atoms with Crippen LogP contribution in [-0.2, 0) is 16.9 Å². The molecular formula is C13H18ClF2N3O2S. The maximum Gasteiger partial charge on any atom is 0.354 e. The molecule has 1 saturated heterocycles. The molecule has 1 aliphatic carbocycles. The van der Waals surface area contributed by atoms with E-state index in [0.717, 1.165) is 17.5 Å². The molecule has 0 amide bonds. The molecule has 9 heteroatoms. The molecule has 124 valence electrons. The second-order valence-electron chi connectivity index (χ2n) is 6.05. The number of rotatable bonds is 4. The third-order valence-electron chi connectivity index (χ3n) is 4.40. The molecule has 3 rings (SSSR count). The fraction of sp³-hybridized carbons (Fsp3) is 0.769. The summed E-state index contributed by atoms with van der Waals surface area (Å²) in [6.07, 6.45) is 1.98. The topological polar surface area (TPSA) is 55.2 Å². The van der Waals surface area contributed by atoms with Crippen molar-refractivity contribution in [2.45, 2.75) is 41.9 Å². The molecule has 5 nitrogen and oxygen atoms in total. The number of halogens is 3. The Hall–Kier alpha value is -0.730. The second-order valence-corrected chi connectivity index (χ2v) is 8.50. The predicted molar refractivity (Wildman–Crippen MR) is 77.5 cm³/mol. The maximum absolute atomic E-state index is 14.6. The smallest absolute Gasteiger partial charge is 0.257 e. The number of piperidine rings is 1. The molecule has 1 aromatic rings. The lowest BCUT2D eigenvalue weighted by Gasteiger charge is -2.32. The van der Waals surface area contributed by atoms with E-state index >= 15 is 0 Å². The molecule has 0 radical (unpaired) electrons. The van der Waals surface area contributed by atoms with Gasteiger partial charge in [-0.3, -0.25) is 4.68 Å². The van der Waals surface area contributed by atoms with Crippen LogP contribution in [-0.4, -0.2) is 41.0 Å². The summed E-state index contributed by atoms with van der Waals surface area (Å²) in [6.45, 7) is 0.520. The minimum absolute atomic E-state index is 0.0586. The summed E-state index contributed by atoms with van der Waals surface area (Å²) < 4.78 is 56.6. The first-order chi connectivity index (χ1) is 10.2. The molecule has 0 bridgehead atoms. The first-order valence-corrected chi connectivity index (χ1v) is 9.12. The van der Waals surface area contributed by atoms with Gasteiger partial charge in [0.15, 0.2) is 5.03 Å². The fourth-order valence-electron chi connectivity index (χ4n) is 2.84. The maximum atomic E-state index is 14.6. The van der Waals surface area contributed by atoms with E-state index in [1.807, 2.05) is 0 Å². The Balaban J connectivity index is 1.90. The molecule has 0 atom stereocenters. The van der Waals surface area contributed by atoms with Crippen LogP contribution in [0.1, 0.15) is 37.3 Å². The number of hydrogen-bond donors (Lipinski definition) is 0. The number of sulfone groups is 1. The molecule has 0 spiro atoms. The van der Waals surface area contributed by atoms with Gasteiger partial charge in [0.2, 0.25) is 0 Å². The molecule has 22 heavy (non-hydrogen) atoms. The van der Waals surface area contributed by atoms with Crippen molar-refractivity contribution in [2.24, 2.45) is 13.0 Å². The van der Waals surface area contributed by atoms with E-state index in [2.05, 4.69) is 5.10 Å². The van der Waals surface area contributed by atoms with E-state index in [1.165, 1.54) is 17.5 Å². The number of aromatic nitrogens is 2. The van der Waals surface area contributed by atoms with Crippen molar-refractivity contribution in [2.75, 3.05) is 13.1 Å². The van der Waals surface area contributed by atoms with Gasteiger partial charge in [-0.15, -0.1) is 0 Å². The summed E-state index contributed by atoms with van der Waals surface area (Å²) in [4.78, 5) is 0. The van der Waals surface area contributed by atoms with Crippen molar-refractivity contribution in [3.05, 3.63) is 11.8 Å². The molecule has 1 aromatic heterocycles. The van der Waals surface area contributed by atoms with Crippen LogP contribution in [0.15, 0.2) is 11.1 Å². The monoisotopic (exact) mass is 353 g/mol. The van der Waals surface area contributed by atoms with Gasteiger partial charge in [0.25, 0.3) is 9.84 Å². The van der Waals surface area contributed by atoms with Gasteiger partial charge >= 0.3 is 5.25 Å².